The second kappa shape index (κ2) is 3.32. The lowest BCUT2D eigenvalue weighted by Crippen LogP contribution is -2.37. The third-order valence-corrected chi connectivity index (χ3v) is 3.51. The van der Waals surface area contributed by atoms with E-state index in [9.17, 15) is 4.79 Å². The molecule has 0 aromatic carbocycles. The third kappa shape index (κ3) is 1.59. The first-order valence-electron chi connectivity index (χ1n) is 5.54. The average Bonchev–Trinajstić information content (AvgIpc) is 2.89. The van der Waals surface area contributed by atoms with E-state index in [-0.39, 0.29) is 0 Å². The van der Waals surface area contributed by atoms with E-state index in [1.165, 1.54) is 6.42 Å². The number of hydrogen-bond acceptors (Lipinski definition) is 1. The molecule has 2 unspecified atom stereocenters. The van der Waals surface area contributed by atoms with Crippen molar-refractivity contribution in [2.75, 3.05) is 6.54 Å². The van der Waals surface area contributed by atoms with Gasteiger partial charge in [-0.2, -0.15) is 0 Å². The van der Waals surface area contributed by atoms with E-state index in [1.807, 2.05) is 0 Å². The first-order chi connectivity index (χ1) is 6.24. The highest BCUT2D eigenvalue weighted by molar-refractivity contribution is 5.81. The van der Waals surface area contributed by atoms with Gasteiger partial charge >= 0.3 is 0 Å². The molecule has 74 valence electrons. The Labute approximate surface area is 80.3 Å². The maximum absolute atomic E-state index is 11.8. The highest BCUT2D eigenvalue weighted by atomic mass is 16.2. The summed E-state index contributed by atoms with van der Waals surface area (Å²) in [6.45, 7) is 5.48. The van der Waals surface area contributed by atoms with Crippen molar-refractivity contribution in [1.82, 2.24) is 4.90 Å². The highest BCUT2D eigenvalue weighted by Gasteiger charge is 2.39. The fraction of sp³-hybridized carbons (Fsp3) is 0.909. The predicted octanol–water partition coefficient (Wildman–Crippen LogP) is 2.04. The molecule has 1 saturated carbocycles. The molecule has 1 saturated heterocycles. The molecule has 2 fully saturated rings. The van der Waals surface area contributed by atoms with Crippen molar-refractivity contribution in [1.29, 1.82) is 0 Å². The van der Waals surface area contributed by atoms with E-state index in [1.54, 1.807) is 0 Å². The van der Waals surface area contributed by atoms with Crippen LogP contribution in [0.4, 0.5) is 0 Å². The number of carbonyl (C=O) groups excluding carboxylic acids is 1. The number of carbonyl (C=O) groups is 1. The van der Waals surface area contributed by atoms with E-state index in [0.717, 1.165) is 25.8 Å². The van der Waals surface area contributed by atoms with Crippen LogP contribution in [0.25, 0.3) is 0 Å². The van der Waals surface area contributed by atoms with Crippen LogP contribution in [0.3, 0.4) is 0 Å². The van der Waals surface area contributed by atoms with Crippen molar-refractivity contribution in [2.45, 2.75) is 45.6 Å². The predicted molar refractivity (Wildman–Crippen MR) is 52.3 cm³/mol. The van der Waals surface area contributed by atoms with Gasteiger partial charge in [0.2, 0.25) is 5.91 Å². The van der Waals surface area contributed by atoms with Crippen molar-refractivity contribution in [3.8, 4) is 0 Å². The van der Waals surface area contributed by atoms with Gasteiger partial charge in [-0.3, -0.25) is 4.79 Å². The Bertz CT molecular complexity index is 210. The quantitative estimate of drug-likeness (QED) is 0.638. The second-order valence-corrected chi connectivity index (χ2v) is 4.55. The Morgan fingerprint density at radius 1 is 1.38 bits per heavy atom. The molecule has 1 aliphatic carbocycles. The maximum atomic E-state index is 11.8. The number of amides is 1. The van der Waals surface area contributed by atoms with Gasteiger partial charge in [-0.05, 0) is 31.6 Å². The van der Waals surface area contributed by atoms with Crippen LogP contribution in [0, 0.1) is 11.8 Å². The number of rotatable bonds is 2. The molecule has 0 aromatic rings. The van der Waals surface area contributed by atoms with Crippen LogP contribution in [0.15, 0.2) is 0 Å². The van der Waals surface area contributed by atoms with Crippen LogP contribution >= 0.6 is 0 Å². The van der Waals surface area contributed by atoms with Crippen LogP contribution in [0.2, 0.25) is 0 Å². The van der Waals surface area contributed by atoms with Gasteiger partial charge in [-0.1, -0.05) is 13.8 Å². The summed E-state index contributed by atoms with van der Waals surface area (Å²) in [5.74, 6) is 1.56. The summed E-state index contributed by atoms with van der Waals surface area (Å²) >= 11 is 0. The summed E-state index contributed by atoms with van der Waals surface area (Å²) in [6, 6.07) is 0.535. The van der Waals surface area contributed by atoms with Crippen molar-refractivity contribution < 1.29 is 4.79 Å². The molecule has 0 bridgehead atoms. The molecule has 1 aliphatic heterocycles. The van der Waals surface area contributed by atoms with Gasteiger partial charge in [0, 0.05) is 18.5 Å². The Morgan fingerprint density at radius 3 is 2.62 bits per heavy atom. The molecule has 2 aliphatic rings. The van der Waals surface area contributed by atoms with E-state index in [4.69, 9.17) is 0 Å². The Morgan fingerprint density at radius 2 is 2.08 bits per heavy atom. The summed E-state index contributed by atoms with van der Waals surface area (Å²) in [4.78, 5) is 14.0. The van der Waals surface area contributed by atoms with Gasteiger partial charge in [0.15, 0.2) is 0 Å². The smallest absolute Gasteiger partial charge is 0.225 e. The largest absolute Gasteiger partial charge is 0.339 e. The van der Waals surface area contributed by atoms with Gasteiger partial charge in [0.05, 0.1) is 0 Å². The van der Waals surface area contributed by atoms with Gasteiger partial charge in [-0.25, -0.2) is 0 Å². The van der Waals surface area contributed by atoms with Crippen LogP contribution in [0.5, 0.6) is 0 Å². The van der Waals surface area contributed by atoms with E-state index < -0.39 is 0 Å². The zero-order chi connectivity index (χ0) is 9.42. The molecule has 2 nitrogen and oxygen atoms in total. The van der Waals surface area contributed by atoms with Crippen molar-refractivity contribution in [2.24, 2.45) is 11.8 Å². The van der Waals surface area contributed by atoms with E-state index >= 15 is 0 Å². The zero-order valence-electron chi connectivity index (χ0n) is 8.62. The molecular formula is C11H19NO. The second-order valence-electron chi connectivity index (χ2n) is 4.55. The molecule has 0 N–H and O–H groups in total. The molecule has 0 spiro atoms. The molecule has 2 heteroatoms. The van der Waals surface area contributed by atoms with Gasteiger partial charge < -0.3 is 4.90 Å². The molecule has 0 radical (unpaired) electrons. The lowest BCUT2D eigenvalue weighted by atomic mass is 10.0. The minimum Gasteiger partial charge on any atom is -0.339 e. The van der Waals surface area contributed by atoms with Crippen LogP contribution in [-0.4, -0.2) is 23.4 Å². The fourth-order valence-corrected chi connectivity index (χ4v) is 2.47. The molecule has 1 heterocycles. The maximum Gasteiger partial charge on any atom is 0.225 e. The molecule has 1 amide bonds. The van der Waals surface area contributed by atoms with Crippen molar-refractivity contribution >= 4 is 5.91 Å². The Hall–Kier alpha value is -0.530. The monoisotopic (exact) mass is 181 g/mol. The lowest BCUT2D eigenvalue weighted by Gasteiger charge is -2.25. The average molecular weight is 181 g/mol. The fourth-order valence-electron chi connectivity index (χ4n) is 2.47. The minimum absolute atomic E-state index is 0.402. The molecule has 2 atom stereocenters. The van der Waals surface area contributed by atoms with Gasteiger partial charge in [0.1, 0.15) is 0 Å². The molecule has 0 aromatic heterocycles. The highest BCUT2D eigenvalue weighted by Crippen LogP contribution is 2.35. The topological polar surface area (TPSA) is 20.3 Å². The normalized spacial score (nSPS) is 33.8. The van der Waals surface area contributed by atoms with Gasteiger partial charge in [0.25, 0.3) is 0 Å². The van der Waals surface area contributed by atoms with Crippen molar-refractivity contribution in [3.63, 3.8) is 0 Å². The minimum atomic E-state index is 0.402. The first kappa shape index (κ1) is 9.04. The number of hydrogen-bond donors (Lipinski definition) is 0. The van der Waals surface area contributed by atoms with E-state index in [0.29, 0.717) is 23.8 Å². The van der Waals surface area contributed by atoms with Crippen LogP contribution in [0.1, 0.15) is 39.5 Å². The van der Waals surface area contributed by atoms with Crippen molar-refractivity contribution in [3.05, 3.63) is 0 Å². The SMILES string of the molecule is CCC1C(C)CCN1C(=O)C1CC1. The number of nitrogens with zero attached hydrogens (tertiary/aromatic N) is 1. The summed E-state index contributed by atoms with van der Waals surface area (Å²) in [7, 11) is 0. The van der Waals surface area contributed by atoms with Crippen LogP contribution < -0.4 is 0 Å². The van der Waals surface area contributed by atoms with Gasteiger partial charge in [-0.15, -0.1) is 0 Å². The third-order valence-electron chi connectivity index (χ3n) is 3.51. The zero-order valence-corrected chi connectivity index (χ0v) is 8.62. The first-order valence-corrected chi connectivity index (χ1v) is 5.54. The molecule has 2 rings (SSSR count). The molecular weight excluding hydrogens is 162 g/mol. The standard InChI is InChI=1S/C11H19NO/c1-3-10-8(2)6-7-12(10)11(13)9-4-5-9/h8-10H,3-7H2,1-2H3. The number of likely N-dealkylation sites (tertiary alicyclic amines) is 1. The summed E-state index contributed by atoms with van der Waals surface area (Å²) in [5.41, 5.74) is 0. The summed E-state index contributed by atoms with van der Waals surface area (Å²) in [5, 5.41) is 0. The Balaban J connectivity index is 2.01. The lowest BCUT2D eigenvalue weighted by molar-refractivity contribution is -0.133. The van der Waals surface area contributed by atoms with E-state index in [2.05, 4.69) is 18.7 Å². The summed E-state index contributed by atoms with van der Waals surface area (Å²) in [6.07, 6.45) is 4.61. The van der Waals surface area contributed by atoms with Crippen LogP contribution in [-0.2, 0) is 4.79 Å². The summed E-state index contributed by atoms with van der Waals surface area (Å²) < 4.78 is 0. The molecule has 13 heavy (non-hydrogen) atoms. The Kier molecular flexibility index (Phi) is 2.31.